The Morgan fingerprint density at radius 2 is 1.90 bits per heavy atom. The Labute approximate surface area is 179 Å². The SMILES string of the molecule is CC(C)NCc1cccc(C2CCN(C(=O)/C=C/c3cccc(B(O)O)c3)CC2)c1. The molecule has 1 aliphatic heterocycles. The molecule has 2 aromatic carbocycles. The monoisotopic (exact) mass is 406 g/mol. The van der Waals surface area contributed by atoms with Crippen molar-refractivity contribution in [2.75, 3.05) is 13.1 Å². The van der Waals surface area contributed by atoms with E-state index in [1.807, 2.05) is 11.0 Å². The van der Waals surface area contributed by atoms with E-state index in [1.54, 1.807) is 30.4 Å². The summed E-state index contributed by atoms with van der Waals surface area (Å²) in [5.74, 6) is 0.484. The molecule has 1 saturated heterocycles. The second-order valence-corrected chi connectivity index (χ2v) is 8.26. The van der Waals surface area contributed by atoms with E-state index in [0.29, 0.717) is 17.4 Å². The lowest BCUT2D eigenvalue weighted by molar-refractivity contribution is -0.126. The van der Waals surface area contributed by atoms with Crippen molar-refractivity contribution in [2.24, 2.45) is 0 Å². The molecule has 0 unspecified atom stereocenters. The van der Waals surface area contributed by atoms with Crippen LogP contribution in [0.25, 0.3) is 6.08 Å². The summed E-state index contributed by atoms with van der Waals surface area (Å²) in [6, 6.07) is 16.1. The molecule has 1 amide bonds. The van der Waals surface area contributed by atoms with E-state index in [1.165, 1.54) is 11.1 Å². The summed E-state index contributed by atoms with van der Waals surface area (Å²) >= 11 is 0. The number of amides is 1. The number of likely N-dealkylation sites (tertiary alicyclic amines) is 1. The van der Waals surface area contributed by atoms with Gasteiger partial charge in [-0.1, -0.05) is 62.4 Å². The molecule has 30 heavy (non-hydrogen) atoms. The highest BCUT2D eigenvalue weighted by Gasteiger charge is 2.23. The molecule has 0 aliphatic carbocycles. The number of nitrogens with zero attached hydrogens (tertiary/aromatic N) is 1. The highest BCUT2D eigenvalue weighted by Crippen LogP contribution is 2.28. The zero-order valence-corrected chi connectivity index (χ0v) is 17.8. The van der Waals surface area contributed by atoms with Crippen molar-refractivity contribution >= 4 is 24.6 Å². The maximum Gasteiger partial charge on any atom is 0.488 e. The summed E-state index contributed by atoms with van der Waals surface area (Å²) in [7, 11) is -1.51. The molecule has 3 N–H and O–H groups in total. The van der Waals surface area contributed by atoms with Gasteiger partial charge in [-0.05, 0) is 47.0 Å². The highest BCUT2D eigenvalue weighted by atomic mass is 16.4. The number of piperidine rings is 1. The first-order valence-electron chi connectivity index (χ1n) is 10.7. The lowest BCUT2D eigenvalue weighted by atomic mass is 9.79. The molecule has 0 aromatic heterocycles. The van der Waals surface area contributed by atoms with Crippen molar-refractivity contribution in [3.05, 3.63) is 71.3 Å². The minimum Gasteiger partial charge on any atom is -0.423 e. The van der Waals surface area contributed by atoms with Gasteiger partial charge >= 0.3 is 7.12 Å². The fourth-order valence-electron chi connectivity index (χ4n) is 3.81. The number of carbonyl (C=O) groups excluding carboxylic acids is 1. The first kappa shape index (κ1) is 22.3. The van der Waals surface area contributed by atoms with Gasteiger partial charge in [0.05, 0.1) is 0 Å². The van der Waals surface area contributed by atoms with Gasteiger partial charge in [0.15, 0.2) is 0 Å². The summed E-state index contributed by atoms with van der Waals surface area (Å²) in [5.41, 5.74) is 3.85. The van der Waals surface area contributed by atoms with Gasteiger partial charge in [-0.2, -0.15) is 0 Å². The smallest absolute Gasteiger partial charge is 0.423 e. The Morgan fingerprint density at radius 1 is 1.17 bits per heavy atom. The van der Waals surface area contributed by atoms with Crippen molar-refractivity contribution in [3.63, 3.8) is 0 Å². The number of benzene rings is 2. The largest absolute Gasteiger partial charge is 0.488 e. The van der Waals surface area contributed by atoms with Gasteiger partial charge in [0, 0.05) is 31.8 Å². The Balaban J connectivity index is 1.54. The molecule has 1 heterocycles. The molecule has 2 aromatic rings. The number of rotatable bonds is 7. The molecule has 6 heteroatoms. The fraction of sp³-hybridized carbons (Fsp3) is 0.375. The van der Waals surface area contributed by atoms with Crippen LogP contribution in [0.1, 0.15) is 49.3 Å². The lowest BCUT2D eigenvalue weighted by Gasteiger charge is -2.31. The van der Waals surface area contributed by atoms with Crippen LogP contribution >= 0.6 is 0 Å². The minimum atomic E-state index is -1.51. The van der Waals surface area contributed by atoms with Crippen molar-refractivity contribution in [1.29, 1.82) is 0 Å². The van der Waals surface area contributed by atoms with E-state index >= 15 is 0 Å². The van der Waals surface area contributed by atoms with Crippen LogP contribution in [0.2, 0.25) is 0 Å². The molecule has 158 valence electrons. The average Bonchev–Trinajstić information content (AvgIpc) is 2.76. The van der Waals surface area contributed by atoms with E-state index in [9.17, 15) is 14.8 Å². The molecular formula is C24H31BN2O3. The highest BCUT2D eigenvalue weighted by molar-refractivity contribution is 6.58. The quantitative estimate of drug-likeness (QED) is 0.487. The van der Waals surface area contributed by atoms with Crippen LogP contribution in [-0.2, 0) is 11.3 Å². The number of hydrogen-bond donors (Lipinski definition) is 3. The topological polar surface area (TPSA) is 72.8 Å². The van der Waals surface area contributed by atoms with Gasteiger partial charge in [0.2, 0.25) is 5.91 Å². The second kappa shape index (κ2) is 10.6. The third-order valence-electron chi connectivity index (χ3n) is 5.57. The van der Waals surface area contributed by atoms with Crippen molar-refractivity contribution in [2.45, 2.75) is 45.2 Å². The first-order valence-corrected chi connectivity index (χ1v) is 10.7. The standard InChI is InChI=1S/C24H31BN2O3/c1-18(2)26-17-20-6-3-7-22(15-20)21-11-13-27(14-12-21)24(28)10-9-19-5-4-8-23(16-19)25(29)30/h3-10,15-16,18,21,26,29-30H,11-14,17H2,1-2H3/b10-9+. The Morgan fingerprint density at radius 3 is 2.60 bits per heavy atom. The van der Waals surface area contributed by atoms with Gasteiger partial charge < -0.3 is 20.3 Å². The van der Waals surface area contributed by atoms with E-state index in [2.05, 4.69) is 43.4 Å². The second-order valence-electron chi connectivity index (χ2n) is 8.26. The maximum atomic E-state index is 12.6. The van der Waals surface area contributed by atoms with Crippen LogP contribution in [-0.4, -0.2) is 47.1 Å². The van der Waals surface area contributed by atoms with E-state index < -0.39 is 7.12 Å². The number of carbonyl (C=O) groups is 1. The summed E-state index contributed by atoms with van der Waals surface area (Å²) in [6.45, 7) is 6.67. The molecule has 1 aliphatic rings. The fourth-order valence-corrected chi connectivity index (χ4v) is 3.81. The lowest BCUT2D eigenvalue weighted by Crippen LogP contribution is -2.36. The van der Waals surface area contributed by atoms with Crippen molar-refractivity contribution in [3.8, 4) is 0 Å². The van der Waals surface area contributed by atoms with Crippen LogP contribution in [0, 0.1) is 0 Å². The van der Waals surface area contributed by atoms with E-state index in [0.717, 1.165) is 38.0 Å². The molecule has 0 radical (unpaired) electrons. The minimum absolute atomic E-state index is 0.00159. The van der Waals surface area contributed by atoms with Gasteiger partial charge in [-0.15, -0.1) is 0 Å². The molecule has 0 atom stereocenters. The van der Waals surface area contributed by atoms with Gasteiger partial charge in [-0.3, -0.25) is 4.79 Å². The number of hydrogen-bond acceptors (Lipinski definition) is 4. The van der Waals surface area contributed by atoms with Crippen LogP contribution in [0.3, 0.4) is 0 Å². The van der Waals surface area contributed by atoms with Crippen molar-refractivity contribution in [1.82, 2.24) is 10.2 Å². The van der Waals surface area contributed by atoms with Crippen molar-refractivity contribution < 1.29 is 14.8 Å². The first-order chi connectivity index (χ1) is 14.4. The summed E-state index contributed by atoms with van der Waals surface area (Å²) < 4.78 is 0. The average molecular weight is 406 g/mol. The molecule has 5 nitrogen and oxygen atoms in total. The van der Waals surface area contributed by atoms with Crippen LogP contribution < -0.4 is 10.8 Å². The molecule has 3 rings (SSSR count). The molecule has 0 saturated carbocycles. The molecular weight excluding hydrogens is 375 g/mol. The Bertz CT molecular complexity index is 874. The zero-order chi connectivity index (χ0) is 21.5. The number of nitrogens with one attached hydrogen (secondary N) is 1. The molecule has 0 spiro atoms. The van der Waals surface area contributed by atoms with Crippen LogP contribution in [0.5, 0.6) is 0 Å². The summed E-state index contributed by atoms with van der Waals surface area (Å²) in [4.78, 5) is 14.5. The Kier molecular flexibility index (Phi) is 7.85. The Hall–Kier alpha value is -2.41. The van der Waals surface area contributed by atoms with E-state index in [4.69, 9.17) is 0 Å². The third kappa shape index (κ3) is 6.29. The summed E-state index contributed by atoms with van der Waals surface area (Å²) in [6.07, 6.45) is 5.23. The normalized spacial score (nSPS) is 15.2. The van der Waals surface area contributed by atoms with Gasteiger partial charge in [0.1, 0.15) is 0 Å². The van der Waals surface area contributed by atoms with Crippen LogP contribution in [0.4, 0.5) is 0 Å². The predicted molar refractivity (Wildman–Crippen MR) is 122 cm³/mol. The van der Waals surface area contributed by atoms with Crippen LogP contribution in [0.15, 0.2) is 54.6 Å². The summed E-state index contributed by atoms with van der Waals surface area (Å²) in [5, 5.41) is 22.0. The molecule has 1 fully saturated rings. The predicted octanol–water partition coefficient (Wildman–Crippen LogP) is 2.28. The zero-order valence-electron chi connectivity index (χ0n) is 17.8. The van der Waals surface area contributed by atoms with Gasteiger partial charge in [-0.25, -0.2) is 0 Å². The third-order valence-corrected chi connectivity index (χ3v) is 5.57. The van der Waals surface area contributed by atoms with Gasteiger partial charge in [0.25, 0.3) is 0 Å². The maximum absolute atomic E-state index is 12.6. The molecule has 0 bridgehead atoms. The van der Waals surface area contributed by atoms with E-state index in [-0.39, 0.29) is 5.91 Å².